The number of benzene rings is 3. The van der Waals surface area contributed by atoms with Crippen molar-refractivity contribution in [2.75, 3.05) is 73.8 Å². The van der Waals surface area contributed by atoms with Crippen LogP contribution in [0.2, 0.25) is 0 Å². The van der Waals surface area contributed by atoms with Gasteiger partial charge in [-0.15, -0.1) is 0 Å². The van der Waals surface area contributed by atoms with Crippen LogP contribution in [0, 0.1) is 11.7 Å². The van der Waals surface area contributed by atoms with Crippen LogP contribution >= 0.6 is 0 Å². The molecule has 17 nitrogen and oxygen atoms in total. The number of piperazine rings is 1. The average molecular weight is 879 g/mol. The number of piperidine rings is 2. The number of halogens is 1. The van der Waals surface area contributed by atoms with E-state index in [1.165, 1.54) is 25.6 Å². The molecule has 4 aliphatic heterocycles. The summed E-state index contributed by atoms with van der Waals surface area (Å²) in [5.41, 5.74) is 12.2. The van der Waals surface area contributed by atoms with E-state index in [9.17, 15) is 23.6 Å². The zero-order valence-electron chi connectivity index (χ0n) is 35.7. The third kappa shape index (κ3) is 8.16. The van der Waals surface area contributed by atoms with E-state index in [-0.39, 0.29) is 35.4 Å². The minimum Gasteiger partial charge on any atom is -0.496 e. The van der Waals surface area contributed by atoms with Gasteiger partial charge in [0.2, 0.25) is 11.8 Å². The number of imide groups is 1. The number of nitrogens with one attached hydrogen (secondary N) is 2. The maximum absolute atomic E-state index is 13.9. The van der Waals surface area contributed by atoms with Crippen molar-refractivity contribution in [1.29, 1.82) is 0 Å². The van der Waals surface area contributed by atoms with Gasteiger partial charge in [0, 0.05) is 81.3 Å². The first-order valence-electron chi connectivity index (χ1n) is 21.8. The molecule has 332 valence electrons. The lowest BCUT2D eigenvalue weighted by Gasteiger charge is -2.39. The number of ether oxygens (including phenoxy) is 1. The summed E-state index contributed by atoms with van der Waals surface area (Å²) in [6.45, 7) is 6.92. The summed E-state index contributed by atoms with van der Waals surface area (Å²) < 4.78 is 20.9. The molecule has 7 heterocycles. The van der Waals surface area contributed by atoms with Crippen molar-refractivity contribution in [1.82, 2.24) is 39.8 Å². The number of anilines is 4. The predicted molar refractivity (Wildman–Crippen MR) is 241 cm³/mol. The van der Waals surface area contributed by atoms with Crippen LogP contribution < -0.4 is 30.9 Å². The summed E-state index contributed by atoms with van der Waals surface area (Å²) in [4.78, 5) is 72.8. The second-order valence-corrected chi connectivity index (χ2v) is 16.9. The summed E-state index contributed by atoms with van der Waals surface area (Å²) in [6.07, 6.45) is 5.96. The monoisotopic (exact) mass is 878 g/mol. The number of hydrogen-bond donors (Lipinski definition) is 3. The van der Waals surface area contributed by atoms with Gasteiger partial charge in [0.25, 0.3) is 11.8 Å². The maximum atomic E-state index is 13.9. The highest BCUT2D eigenvalue weighted by atomic mass is 19.1. The average Bonchev–Trinajstić information content (AvgIpc) is 3.88. The number of aromatic nitrogens is 5. The Bertz CT molecular complexity index is 2820. The van der Waals surface area contributed by atoms with Crippen LogP contribution in [-0.4, -0.2) is 117 Å². The van der Waals surface area contributed by atoms with E-state index >= 15 is 0 Å². The second kappa shape index (κ2) is 17.2. The number of nitrogens with zero attached hydrogens (tertiary/aromatic N) is 9. The number of hydrogen-bond acceptors (Lipinski definition) is 13. The van der Waals surface area contributed by atoms with Gasteiger partial charge in [0.1, 0.15) is 41.3 Å². The summed E-state index contributed by atoms with van der Waals surface area (Å²) in [5, 5.41) is 10.7. The number of carbonyl (C=O) groups is 4. The molecule has 65 heavy (non-hydrogen) atoms. The summed E-state index contributed by atoms with van der Waals surface area (Å²) in [5.74, 6) is 0.140. The van der Waals surface area contributed by atoms with Gasteiger partial charge < -0.3 is 30.5 Å². The summed E-state index contributed by atoms with van der Waals surface area (Å²) in [6, 6.07) is 20.2. The number of pyridine rings is 1. The van der Waals surface area contributed by atoms with E-state index in [1.54, 1.807) is 27.9 Å². The molecule has 0 saturated carbocycles. The Morgan fingerprint density at radius 2 is 1.66 bits per heavy atom. The van der Waals surface area contributed by atoms with E-state index in [4.69, 9.17) is 20.6 Å². The number of carbonyl (C=O) groups excluding carboxylic acids is 4. The molecule has 4 amide bonds. The number of nitrogens with two attached hydrogens (primary N) is 1. The fourth-order valence-electron chi connectivity index (χ4n) is 9.47. The molecule has 1 unspecified atom stereocenters. The van der Waals surface area contributed by atoms with Gasteiger partial charge in [-0.1, -0.05) is 12.1 Å². The Morgan fingerprint density at radius 1 is 0.877 bits per heavy atom. The van der Waals surface area contributed by atoms with E-state index in [0.717, 1.165) is 87.4 Å². The number of rotatable bonds is 10. The molecule has 0 radical (unpaired) electrons. The van der Waals surface area contributed by atoms with Gasteiger partial charge in [-0.3, -0.25) is 29.4 Å². The highest BCUT2D eigenvalue weighted by Crippen LogP contribution is 2.35. The third-order valence-corrected chi connectivity index (χ3v) is 13.0. The van der Waals surface area contributed by atoms with Crippen molar-refractivity contribution in [2.45, 2.75) is 38.3 Å². The summed E-state index contributed by atoms with van der Waals surface area (Å²) >= 11 is 0. The Kier molecular flexibility index (Phi) is 11.0. The predicted octanol–water partition coefficient (Wildman–Crippen LogP) is 4.66. The zero-order chi connectivity index (χ0) is 44.8. The third-order valence-electron chi connectivity index (χ3n) is 13.0. The summed E-state index contributed by atoms with van der Waals surface area (Å²) in [7, 11) is 1.42. The van der Waals surface area contributed by atoms with Crippen molar-refractivity contribution in [3.05, 3.63) is 108 Å². The largest absolute Gasteiger partial charge is 0.496 e. The molecule has 3 aromatic carbocycles. The van der Waals surface area contributed by atoms with Gasteiger partial charge >= 0.3 is 0 Å². The molecule has 4 N–H and O–H groups in total. The van der Waals surface area contributed by atoms with E-state index in [2.05, 4.69) is 41.4 Å². The van der Waals surface area contributed by atoms with Crippen molar-refractivity contribution >= 4 is 57.7 Å². The molecule has 18 heteroatoms. The molecule has 1 atom stereocenters. The second-order valence-electron chi connectivity index (χ2n) is 16.9. The number of methoxy groups -OCH3 is 1. The Morgan fingerprint density at radius 3 is 2.40 bits per heavy atom. The van der Waals surface area contributed by atoms with Gasteiger partial charge in [0.15, 0.2) is 5.65 Å². The number of nitrogen functional groups attached to an aromatic ring is 1. The molecule has 3 saturated heterocycles. The van der Waals surface area contributed by atoms with Crippen LogP contribution in [-0.2, 0) is 16.1 Å². The first-order valence-corrected chi connectivity index (χ1v) is 21.8. The molecule has 4 aliphatic rings. The standard InChI is InChI=1S/C47H47FN12O5/c1-65-38-11-4-31(48)23-36(38)45(62)53-32-5-2-29(3-6-32)42-41-43(49)51-27-52-44(41)60(55-42)34-8-12-39(50-24-34)58-20-18-56(19-21-58)25-28-14-16-57(17-15-28)33-7-9-35-30(22-33)26-59(47(35)64)37-10-13-40(61)54-46(37)63/h2-9,11-12,22-24,27-28,37H,10,13-21,25-26H2,1H3,(H,53,62)(H2,49,51,52)(H,54,61,63). The minimum absolute atomic E-state index is 0.0802. The van der Waals surface area contributed by atoms with Crippen LogP contribution in [0.25, 0.3) is 28.0 Å². The fraction of sp³-hybridized carbons (Fsp3) is 0.319. The van der Waals surface area contributed by atoms with Gasteiger partial charge in [0.05, 0.1) is 29.9 Å². The molecule has 10 rings (SSSR count). The fourth-order valence-corrected chi connectivity index (χ4v) is 9.47. The molecule has 0 bridgehead atoms. The molecule has 3 fully saturated rings. The molecule has 6 aromatic rings. The zero-order valence-corrected chi connectivity index (χ0v) is 35.7. The van der Waals surface area contributed by atoms with Crippen molar-refractivity contribution < 1.29 is 28.3 Å². The number of amides is 4. The Hall–Kier alpha value is -7.47. The molecule has 0 aliphatic carbocycles. The van der Waals surface area contributed by atoms with Gasteiger partial charge in [-0.2, -0.15) is 5.10 Å². The minimum atomic E-state index is -0.613. The van der Waals surface area contributed by atoms with E-state index in [1.807, 2.05) is 36.4 Å². The quantitative estimate of drug-likeness (QED) is 0.161. The lowest BCUT2D eigenvalue weighted by atomic mass is 9.95. The van der Waals surface area contributed by atoms with Gasteiger partial charge in [-0.05, 0) is 91.4 Å². The molecular formula is C47H47FN12O5. The Balaban J connectivity index is 0.735. The van der Waals surface area contributed by atoms with Crippen LogP contribution in [0.4, 0.5) is 27.4 Å². The normalized spacial score (nSPS) is 18.3. The smallest absolute Gasteiger partial charge is 0.259 e. The SMILES string of the molecule is COc1ccc(F)cc1C(=O)Nc1ccc(-c2nn(-c3ccc(N4CCN(CC5CCN(c6ccc7c(c6)CN(C6CCC(=O)NC6=O)C7=O)CC5)CC4)nc3)c3ncnc(N)c23)cc1. The van der Waals surface area contributed by atoms with E-state index < -0.39 is 23.7 Å². The number of fused-ring (bicyclic) bond motifs is 2. The first kappa shape index (κ1) is 41.5. The highest BCUT2D eigenvalue weighted by Gasteiger charge is 2.39. The van der Waals surface area contributed by atoms with Crippen molar-refractivity contribution in [3.63, 3.8) is 0 Å². The molecule has 3 aromatic heterocycles. The van der Waals surface area contributed by atoms with Crippen molar-refractivity contribution in [3.8, 4) is 22.7 Å². The van der Waals surface area contributed by atoms with E-state index in [0.29, 0.717) is 52.5 Å². The lowest BCUT2D eigenvalue weighted by molar-refractivity contribution is -0.136. The molecule has 0 spiro atoms. The Labute approximate surface area is 373 Å². The van der Waals surface area contributed by atoms with Crippen LogP contribution in [0.3, 0.4) is 0 Å². The van der Waals surface area contributed by atoms with Crippen LogP contribution in [0.15, 0.2) is 85.3 Å². The topological polar surface area (TPSA) is 197 Å². The van der Waals surface area contributed by atoms with Gasteiger partial charge in [-0.25, -0.2) is 24.0 Å². The van der Waals surface area contributed by atoms with Crippen molar-refractivity contribution in [2.24, 2.45) is 5.92 Å². The molecular weight excluding hydrogens is 832 g/mol. The highest BCUT2D eigenvalue weighted by molar-refractivity contribution is 6.07. The van der Waals surface area contributed by atoms with Crippen LogP contribution in [0.1, 0.15) is 52.0 Å². The maximum Gasteiger partial charge on any atom is 0.259 e. The lowest BCUT2D eigenvalue weighted by Crippen LogP contribution is -2.52. The van der Waals surface area contributed by atoms with Crippen LogP contribution in [0.5, 0.6) is 5.75 Å². The first-order chi connectivity index (χ1) is 31.6.